The van der Waals surface area contributed by atoms with Crippen molar-refractivity contribution in [3.63, 3.8) is 0 Å². The summed E-state index contributed by atoms with van der Waals surface area (Å²) in [5.41, 5.74) is 5.26. The fraction of sp³-hybridized carbons (Fsp3) is 0.519. The number of unbranched alkanes of at least 4 members (excludes halogenated alkanes) is 1. The molecule has 0 radical (unpaired) electrons. The van der Waals surface area contributed by atoms with Gasteiger partial charge in [-0.05, 0) is 86.6 Å². The first-order valence-electron chi connectivity index (χ1n) is 12.6. The summed E-state index contributed by atoms with van der Waals surface area (Å²) in [5.74, 6) is -0.315. The Labute approximate surface area is 201 Å². The predicted octanol–water partition coefficient (Wildman–Crippen LogP) is 3.93. The number of aromatic nitrogens is 1. The van der Waals surface area contributed by atoms with Crippen molar-refractivity contribution in [3.8, 4) is 0 Å². The lowest BCUT2D eigenvalue weighted by molar-refractivity contribution is -0.139. The van der Waals surface area contributed by atoms with Crippen LogP contribution in [-0.2, 0) is 35.2 Å². The molecule has 2 aliphatic rings. The minimum absolute atomic E-state index is 0.244. The maximum absolute atomic E-state index is 12.8. The maximum atomic E-state index is 12.8. The van der Waals surface area contributed by atoms with E-state index in [1.165, 1.54) is 11.1 Å². The Morgan fingerprint density at radius 2 is 1.88 bits per heavy atom. The van der Waals surface area contributed by atoms with Crippen LogP contribution in [0.2, 0.25) is 0 Å². The second-order valence-corrected chi connectivity index (χ2v) is 9.21. The van der Waals surface area contributed by atoms with Crippen LogP contribution in [0.15, 0.2) is 30.3 Å². The van der Waals surface area contributed by atoms with E-state index in [9.17, 15) is 14.7 Å². The number of nitrogens with zero attached hydrogens (tertiary/aromatic N) is 1. The third-order valence-electron chi connectivity index (χ3n) is 6.72. The number of carbonyl (C=O) groups excluding carboxylic acids is 1. The minimum Gasteiger partial charge on any atom is -0.480 e. The van der Waals surface area contributed by atoms with Crippen LogP contribution in [0.4, 0.5) is 5.82 Å². The van der Waals surface area contributed by atoms with Gasteiger partial charge in [0.25, 0.3) is 5.91 Å². The molecular formula is C27H35N3O4. The molecule has 34 heavy (non-hydrogen) atoms. The van der Waals surface area contributed by atoms with Crippen LogP contribution in [-0.4, -0.2) is 47.8 Å². The number of pyridine rings is 1. The average Bonchev–Trinajstić information content (AvgIpc) is 2.86. The Kier molecular flexibility index (Phi) is 8.52. The number of ether oxygens (including phenoxy) is 1. The lowest BCUT2D eigenvalue weighted by Gasteiger charge is -2.20. The zero-order chi connectivity index (χ0) is 23.8. The molecule has 1 amide bonds. The van der Waals surface area contributed by atoms with E-state index in [0.717, 1.165) is 81.4 Å². The second-order valence-electron chi connectivity index (χ2n) is 9.21. The molecule has 0 spiro atoms. The summed E-state index contributed by atoms with van der Waals surface area (Å²) in [6, 6.07) is 9.06. The van der Waals surface area contributed by atoms with Gasteiger partial charge in [-0.1, -0.05) is 18.2 Å². The highest BCUT2D eigenvalue weighted by molar-refractivity contribution is 5.98. The fourth-order valence-electron chi connectivity index (χ4n) is 4.81. The van der Waals surface area contributed by atoms with Gasteiger partial charge in [-0.3, -0.25) is 4.79 Å². The highest BCUT2D eigenvalue weighted by Gasteiger charge is 2.23. The lowest BCUT2D eigenvalue weighted by atomic mass is 9.88. The van der Waals surface area contributed by atoms with Crippen molar-refractivity contribution in [2.75, 3.05) is 25.1 Å². The molecule has 4 rings (SSSR count). The SMILES string of the molecule is O=C(N[C@@H](CCOCCCCc1ccc2c(n1)NCCC2)C(=O)O)c1cccc2c1CCCC2. The van der Waals surface area contributed by atoms with Crippen LogP contribution in [0.25, 0.3) is 0 Å². The van der Waals surface area contributed by atoms with Gasteiger partial charge in [0.2, 0.25) is 0 Å². The van der Waals surface area contributed by atoms with Crippen molar-refractivity contribution in [2.24, 2.45) is 0 Å². The standard InChI is InChI=1S/C27H35N3O4/c31-26(23-12-5-8-19-7-1-2-11-22(19)23)30-24(27(32)33)15-18-34-17-4-3-10-21-14-13-20-9-6-16-28-25(20)29-21/h5,8,12-14,24H,1-4,6-7,9-11,15-18H2,(H,28,29)(H,30,31)(H,32,33)/t24-/m0/s1. The molecule has 1 aliphatic heterocycles. The van der Waals surface area contributed by atoms with E-state index in [2.05, 4.69) is 28.8 Å². The predicted molar refractivity (Wildman–Crippen MR) is 131 cm³/mol. The van der Waals surface area contributed by atoms with Crippen molar-refractivity contribution >= 4 is 17.7 Å². The first-order chi connectivity index (χ1) is 16.6. The number of carbonyl (C=O) groups is 2. The quantitative estimate of drug-likeness (QED) is 0.435. The summed E-state index contributed by atoms with van der Waals surface area (Å²) in [6.45, 7) is 1.85. The van der Waals surface area contributed by atoms with Crippen molar-refractivity contribution in [2.45, 2.75) is 70.3 Å². The number of benzene rings is 1. The number of rotatable bonds is 11. The Morgan fingerprint density at radius 3 is 2.76 bits per heavy atom. The topological polar surface area (TPSA) is 101 Å². The van der Waals surface area contributed by atoms with E-state index in [1.54, 1.807) is 6.07 Å². The molecular weight excluding hydrogens is 430 g/mol. The fourth-order valence-corrected chi connectivity index (χ4v) is 4.81. The van der Waals surface area contributed by atoms with Crippen molar-refractivity contribution in [3.05, 3.63) is 58.3 Å². The van der Waals surface area contributed by atoms with E-state index in [1.807, 2.05) is 6.07 Å². The molecule has 7 heteroatoms. The smallest absolute Gasteiger partial charge is 0.326 e. The minimum atomic E-state index is -1.03. The molecule has 1 aromatic carbocycles. The normalized spacial score (nSPS) is 15.5. The van der Waals surface area contributed by atoms with Gasteiger partial charge < -0.3 is 20.5 Å². The molecule has 182 valence electrons. The summed E-state index contributed by atoms with van der Waals surface area (Å²) in [4.78, 5) is 29.2. The van der Waals surface area contributed by atoms with Gasteiger partial charge in [0, 0.05) is 37.4 Å². The van der Waals surface area contributed by atoms with E-state index in [4.69, 9.17) is 9.72 Å². The molecule has 3 N–H and O–H groups in total. The molecule has 0 saturated carbocycles. The second kappa shape index (κ2) is 12.0. The molecule has 0 saturated heterocycles. The molecule has 1 aromatic heterocycles. The number of aliphatic carboxylic acids is 1. The third-order valence-corrected chi connectivity index (χ3v) is 6.72. The van der Waals surface area contributed by atoms with Gasteiger partial charge in [0.15, 0.2) is 0 Å². The molecule has 2 aromatic rings. The average molecular weight is 466 g/mol. The summed E-state index contributed by atoms with van der Waals surface area (Å²) < 4.78 is 5.67. The summed E-state index contributed by atoms with van der Waals surface area (Å²) >= 11 is 0. The first-order valence-corrected chi connectivity index (χ1v) is 12.6. The van der Waals surface area contributed by atoms with Gasteiger partial charge in [0.05, 0.1) is 0 Å². The van der Waals surface area contributed by atoms with Crippen molar-refractivity contribution < 1.29 is 19.4 Å². The van der Waals surface area contributed by atoms with Crippen LogP contribution in [0.5, 0.6) is 0 Å². The van der Waals surface area contributed by atoms with Crippen LogP contribution >= 0.6 is 0 Å². The van der Waals surface area contributed by atoms with Gasteiger partial charge in [0.1, 0.15) is 11.9 Å². The van der Waals surface area contributed by atoms with Crippen LogP contribution in [0.1, 0.15) is 71.3 Å². The number of aryl methyl sites for hydroxylation is 3. The molecule has 0 unspecified atom stereocenters. The van der Waals surface area contributed by atoms with E-state index in [-0.39, 0.29) is 12.3 Å². The summed E-state index contributed by atoms with van der Waals surface area (Å²) in [7, 11) is 0. The molecule has 0 fully saturated rings. The molecule has 1 atom stereocenters. The number of amides is 1. The first kappa shape index (κ1) is 24.2. The van der Waals surface area contributed by atoms with Gasteiger partial charge in [-0.25, -0.2) is 9.78 Å². The van der Waals surface area contributed by atoms with Crippen molar-refractivity contribution in [1.29, 1.82) is 0 Å². The third kappa shape index (κ3) is 6.35. The molecule has 1 aliphatic carbocycles. The summed E-state index contributed by atoms with van der Waals surface area (Å²) in [5, 5.41) is 15.6. The Morgan fingerprint density at radius 1 is 1.03 bits per heavy atom. The number of carboxylic acid groups (broad SMARTS) is 1. The Bertz CT molecular complexity index is 1010. The van der Waals surface area contributed by atoms with Gasteiger partial charge >= 0.3 is 5.97 Å². The zero-order valence-corrected chi connectivity index (χ0v) is 19.8. The number of hydrogen-bond acceptors (Lipinski definition) is 5. The Balaban J connectivity index is 1.17. The monoisotopic (exact) mass is 465 g/mol. The largest absolute Gasteiger partial charge is 0.480 e. The molecule has 2 heterocycles. The number of carboxylic acids is 1. The number of anilines is 1. The van der Waals surface area contributed by atoms with Crippen LogP contribution < -0.4 is 10.6 Å². The highest BCUT2D eigenvalue weighted by atomic mass is 16.5. The van der Waals surface area contributed by atoms with E-state index >= 15 is 0 Å². The van der Waals surface area contributed by atoms with Crippen molar-refractivity contribution in [1.82, 2.24) is 10.3 Å². The number of fused-ring (bicyclic) bond motifs is 2. The van der Waals surface area contributed by atoms with Crippen LogP contribution in [0, 0.1) is 0 Å². The molecule has 7 nitrogen and oxygen atoms in total. The van der Waals surface area contributed by atoms with Gasteiger partial charge in [-0.15, -0.1) is 0 Å². The van der Waals surface area contributed by atoms with Gasteiger partial charge in [-0.2, -0.15) is 0 Å². The maximum Gasteiger partial charge on any atom is 0.326 e. The zero-order valence-electron chi connectivity index (χ0n) is 19.8. The summed E-state index contributed by atoms with van der Waals surface area (Å²) in [6.07, 6.45) is 9.28. The number of nitrogens with one attached hydrogen (secondary N) is 2. The highest BCUT2D eigenvalue weighted by Crippen LogP contribution is 2.24. The van der Waals surface area contributed by atoms with Crippen LogP contribution in [0.3, 0.4) is 0 Å². The number of hydrogen-bond donors (Lipinski definition) is 3. The van der Waals surface area contributed by atoms with E-state index in [0.29, 0.717) is 18.8 Å². The molecule has 0 bridgehead atoms. The van der Waals surface area contributed by atoms with E-state index < -0.39 is 12.0 Å². The Hall–Kier alpha value is -2.93. The lowest BCUT2D eigenvalue weighted by Crippen LogP contribution is -2.42.